The van der Waals surface area contributed by atoms with Gasteiger partial charge in [0, 0.05) is 17.3 Å². The SMILES string of the molecule is CC[C@]1(C)Cc2c(sc3nc(SC)n4c(SCC(=O)NC5CCCCC5)nnc4c23)CO1. The van der Waals surface area contributed by atoms with E-state index in [0.29, 0.717) is 18.4 Å². The average molecular weight is 492 g/mol. The molecule has 172 valence electrons. The van der Waals surface area contributed by atoms with Crippen LogP contribution in [0.5, 0.6) is 0 Å². The smallest absolute Gasteiger partial charge is 0.230 e. The number of nitrogens with one attached hydrogen (secondary N) is 1. The normalized spacial score (nSPS) is 21.8. The van der Waals surface area contributed by atoms with Gasteiger partial charge < -0.3 is 10.1 Å². The summed E-state index contributed by atoms with van der Waals surface area (Å²) in [5.74, 6) is 0.411. The molecule has 1 amide bonds. The Kier molecular flexibility index (Phi) is 6.39. The summed E-state index contributed by atoms with van der Waals surface area (Å²) in [6.45, 7) is 4.97. The van der Waals surface area contributed by atoms with E-state index < -0.39 is 0 Å². The lowest BCUT2D eigenvalue weighted by atomic mass is 9.90. The van der Waals surface area contributed by atoms with Crippen molar-refractivity contribution in [2.45, 2.75) is 87.4 Å². The number of ether oxygens (including phenoxy) is 1. The molecular formula is C22H29N5O2S3. The van der Waals surface area contributed by atoms with Gasteiger partial charge in [-0.25, -0.2) is 9.38 Å². The highest BCUT2D eigenvalue weighted by atomic mass is 32.2. The number of hydrogen-bond acceptors (Lipinski definition) is 8. The summed E-state index contributed by atoms with van der Waals surface area (Å²) in [6.07, 6.45) is 9.70. The van der Waals surface area contributed by atoms with Crippen LogP contribution in [0.25, 0.3) is 15.9 Å². The van der Waals surface area contributed by atoms with Crippen LogP contribution in [0.3, 0.4) is 0 Å². The molecule has 7 nitrogen and oxygen atoms in total. The van der Waals surface area contributed by atoms with Crippen molar-refractivity contribution in [2.75, 3.05) is 12.0 Å². The molecular weight excluding hydrogens is 462 g/mol. The third kappa shape index (κ3) is 4.15. The van der Waals surface area contributed by atoms with Crippen molar-refractivity contribution in [3.8, 4) is 0 Å². The van der Waals surface area contributed by atoms with Gasteiger partial charge >= 0.3 is 0 Å². The molecule has 5 rings (SSSR count). The first-order chi connectivity index (χ1) is 15.5. The Balaban J connectivity index is 1.45. The molecule has 0 radical (unpaired) electrons. The largest absolute Gasteiger partial charge is 0.369 e. The molecule has 2 aliphatic rings. The van der Waals surface area contributed by atoms with Crippen LogP contribution in [0.4, 0.5) is 0 Å². The van der Waals surface area contributed by atoms with Crippen LogP contribution in [-0.4, -0.2) is 49.1 Å². The summed E-state index contributed by atoms with van der Waals surface area (Å²) >= 11 is 4.72. The monoisotopic (exact) mass is 491 g/mol. The molecule has 0 aromatic carbocycles. The maximum absolute atomic E-state index is 12.5. The summed E-state index contributed by atoms with van der Waals surface area (Å²) in [5, 5.41) is 14.9. The Morgan fingerprint density at radius 2 is 2.09 bits per heavy atom. The topological polar surface area (TPSA) is 81.4 Å². The molecule has 3 aromatic rings. The van der Waals surface area contributed by atoms with Gasteiger partial charge in [0.2, 0.25) is 5.91 Å². The fourth-order valence-electron chi connectivity index (χ4n) is 4.62. The van der Waals surface area contributed by atoms with Crippen molar-refractivity contribution < 1.29 is 9.53 Å². The number of carbonyl (C=O) groups excluding carboxylic acids is 1. The first kappa shape index (κ1) is 22.4. The number of fused-ring (bicyclic) bond motifs is 5. The maximum atomic E-state index is 12.5. The second kappa shape index (κ2) is 9.12. The Morgan fingerprint density at radius 1 is 1.28 bits per heavy atom. The van der Waals surface area contributed by atoms with Gasteiger partial charge in [-0.3, -0.25) is 4.79 Å². The van der Waals surface area contributed by atoms with Crippen LogP contribution in [0.2, 0.25) is 0 Å². The number of thiophene rings is 1. The molecule has 0 saturated heterocycles. The number of thioether (sulfide) groups is 2. The van der Waals surface area contributed by atoms with Crippen molar-refractivity contribution >= 4 is 56.6 Å². The zero-order chi connectivity index (χ0) is 22.3. The molecule has 3 aromatic heterocycles. The van der Waals surface area contributed by atoms with Gasteiger partial charge in [-0.15, -0.1) is 21.5 Å². The van der Waals surface area contributed by atoms with Crippen LogP contribution >= 0.6 is 34.9 Å². The Morgan fingerprint density at radius 3 is 2.84 bits per heavy atom. The molecule has 1 atom stereocenters. The molecule has 1 aliphatic carbocycles. The van der Waals surface area contributed by atoms with Gasteiger partial charge in [0.1, 0.15) is 4.83 Å². The van der Waals surface area contributed by atoms with Gasteiger partial charge in [0.05, 0.1) is 23.3 Å². The van der Waals surface area contributed by atoms with Gasteiger partial charge in [0.15, 0.2) is 16.0 Å². The molecule has 32 heavy (non-hydrogen) atoms. The third-order valence-electron chi connectivity index (χ3n) is 6.65. The first-order valence-corrected chi connectivity index (χ1v) is 14.3. The Labute approximate surface area is 200 Å². The van der Waals surface area contributed by atoms with E-state index in [1.165, 1.54) is 41.5 Å². The van der Waals surface area contributed by atoms with E-state index in [1.807, 2.05) is 10.7 Å². The summed E-state index contributed by atoms with van der Waals surface area (Å²) in [5.41, 5.74) is 1.97. The van der Waals surface area contributed by atoms with Crippen LogP contribution < -0.4 is 5.32 Å². The Hall–Kier alpha value is -1.36. The quantitative estimate of drug-likeness (QED) is 0.390. The van der Waals surface area contributed by atoms with Gasteiger partial charge in [-0.1, -0.05) is 49.7 Å². The summed E-state index contributed by atoms with van der Waals surface area (Å²) in [6, 6.07) is 0.322. The van der Waals surface area contributed by atoms with E-state index in [0.717, 1.165) is 51.9 Å². The minimum absolute atomic E-state index is 0.0714. The van der Waals surface area contributed by atoms with Crippen molar-refractivity contribution in [1.82, 2.24) is 24.9 Å². The average Bonchev–Trinajstić information content (AvgIpc) is 3.38. The molecule has 1 N–H and O–H groups in total. The number of carbonyl (C=O) groups is 1. The molecule has 0 unspecified atom stereocenters. The molecule has 1 fully saturated rings. The number of hydrogen-bond donors (Lipinski definition) is 1. The minimum atomic E-state index is -0.162. The number of rotatable bonds is 6. The molecule has 10 heteroatoms. The van der Waals surface area contributed by atoms with Crippen LogP contribution in [0.15, 0.2) is 10.3 Å². The second-order valence-electron chi connectivity index (χ2n) is 8.88. The molecule has 0 spiro atoms. The standard InChI is InChI=1S/C22H29N5O2S3/c1-4-22(2)10-14-15(11-29-22)32-19-17(14)18-25-26-21(27(18)20(24-19)30-3)31-12-16(28)23-13-8-6-5-7-9-13/h13H,4-12H2,1-3H3,(H,23,28)/t22-/m1/s1. The fraction of sp³-hybridized carbons (Fsp3) is 0.636. The van der Waals surface area contributed by atoms with Crippen molar-refractivity contribution in [1.29, 1.82) is 0 Å². The molecule has 4 heterocycles. The van der Waals surface area contributed by atoms with Crippen molar-refractivity contribution in [2.24, 2.45) is 0 Å². The lowest BCUT2D eigenvalue weighted by Crippen LogP contribution is -2.37. The van der Waals surface area contributed by atoms with Gasteiger partial charge in [-0.2, -0.15) is 0 Å². The van der Waals surface area contributed by atoms with E-state index in [2.05, 4.69) is 29.4 Å². The maximum Gasteiger partial charge on any atom is 0.230 e. The predicted octanol–water partition coefficient (Wildman–Crippen LogP) is 4.84. The Bertz CT molecular complexity index is 1150. The number of nitrogens with zero attached hydrogens (tertiary/aromatic N) is 4. The lowest BCUT2D eigenvalue weighted by Gasteiger charge is -2.32. The molecule has 1 aliphatic heterocycles. The predicted molar refractivity (Wildman–Crippen MR) is 131 cm³/mol. The van der Waals surface area contributed by atoms with Crippen LogP contribution in [-0.2, 0) is 22.6 Å². The van der Waals surface area contributed by atoms with E-state index >= 15 is 0 Å². The summed E-state index contributed by atoms with van der Waals surface area (Å²) in [7, 11) is 0. The highest BCUT2D eigenvalue weighted by Gasteiger charge is 2.33. The van der Waals surface area contributed by atoms with E-state index in [4.69, 9.17) is 9.72 Å². The zero-order valence-corrected chi connectivity index (χ0v) is 21.2. The van der Waals surface area contributed by atoms with Crippen molar-refractivity contribution in [3.05, 3.63) is 10.4 Å². The molecule has 1 saturated carbocycles. The van der Waals surface area contributed by atoms with E-state index in [9.17, 15) is 4.79 Å². The third-order valence-corrected chi connectivity index (χ3v) is 9.32. The summed E-state index contributed by atoms with van der Waals surface area (Å²) < 4.78 is 8.18. The number of amides is 1. The van der Waals surface area contributed by atoms with Crippen molar-refractivity contribution in [3.63, 3.8) is 0 Å². The second-order valence-corrected chi connectivity index (χ2v) is 11.7. The lowest BCUT2D eigenvalue weighted by molar-refractivity contribution is -0.119. The van der Waals surface area contributed by atoms with Gasteiger partial charge in [0.25, 0.3) is 0 Å². The van der Waals surface area contributed by atoms with Crippen LogP contribution in [0.1, 0.15) is 62.8 Å². The highest BCUT2D eigenvalue weighted by Crippen LogP contribution is 2.42. The zero-order valence-electron chi connectivity index (χ0n) is 18.8. The first-order valence-electron chi connectivity index (χ1n) is 11.3. The van der Waals surface area contributed by atoms with Gasteiger partial charge in [-0.05, 0) is 38.0 Å². The van der Waals surface area contributed by atoms with E-state index in [1.54, 1.807) is 23.1 Å². The minimum Gasteiger partial charge on any atom is -0.369 e. The highest BCUT2D eigenvalue weighted by molar-refractivity contribution is 8.00. The fourth-order valence-corrected chi connectivity index (χ4v) is 7.12. The number of aromatic nitrogens is 4. The van der Waals surface area contributed by atoms with Crippen LogP contribution in [0, 0.1) is 0 Å². The van der Waals surface area contributed by atoms with E-state index in [-0.39, 0.29) is 11.5 Å². The summed E-state index contributed by atoms with van der Waals surface area (Å²) in [4.78, 5) is 19.7. The molecule has 0 bridgehead atoms.